The average molecular weight is 281 g/mol. The van der Waals surface area contributed by atoms with Gasteiger partial charge in [-0.3, -0.25) is 0 Å². The minimum atomic E-state index is 0.0154. The maximum atomic E-state index is 4.39. The molecule has 0 aliphatic carbocycles. The Morgan fingerprint density at radius 1 is 1.00 bits per heavy atom. The Morgan fingerprint density at radius 2 is 1.58 bits per heavy atom. The van der Waals surface area contributed by atoms with Gasteiger partial charge in [-0.15, -0.1) is 0 Å². The van der Waals surface area contributed by atoms with Gasteiger partial charge >= 0.3 is 0 Å². The number of likely N-dealkylation sites (tertiary alicyclic amines) is 2. The minimum Gasteiger partial charge on any atom is -0.375 e. The molecular formula is C16H32N2Si. The third kappa shape index (κ3) is 4.96. The standard InChI is InChI=1S/C16H32N2Si/c1-15(18-11-7-4-8-12-18)16(2)19-14-13-17-9-5-3-6-10-17/h16H,1,3-14,19H2,2H3. The molecule has 0 radical (unpaired) electrons. The Bertz CT molecular complexity index is 268. The fourth-order valence-electron chi connectivity index (χ4n) is 3.46. The molecule has 2 saturated heterocycles. The first-order valence-corrected chi connectivity index (χ1v) is 10.2. The molecule has 0 aromatic heterocycles. The van der Waals surface area contributed by atoms with Gasteiger partial charge in [0.25, 0.3) is 0 Å². The number of nitrogens with zero attached hydrogens (tertiary/aromatic N) is 2. The van der Waals surface area contributed by atoms with Crippen molar-refractivity contribution in [1.29, 1.82) is 0 Å². The molecule has 2 heterocycles. The Morgan fingerprint density at radius 3 is 2.21 bits per heavy atom. The largest absolute Gasteiger partial charge is 0.375 e. The van der Waals surface area contributed by atoms with Gasteiger partial charge in [-0.05, 0) is 63.3 Å². The predicted molar refractivity (Wildman–Crippen MR) is 87.6 cm³/mol. The quantitative estimate of drug-likeness (QED) is 0.690. The summed E-state index contributed by atoms with van der Waals surface area (Å²) >= 11 is 0. The normalized spacial score (nSPS) is 23.9. The lowest BCUT2D eigenvalue weighted by Crippen LogP contribution is -2.33. The predicted octanol–water partition coefficient (Wildman–Crippen LogP) is 2.87. The van der Waals surface area contributed by atoms with E-state index in [1.54, 1.807) is 0 Å². The highest BCUT2D eigenvalue weighted by Crippen LogP contribution is 2.23. The zero-order valence-electron chi connectivity index (χ0n) is 12.9. The van der Waals surface area contributed by atoms with E-state index in [0.29, 0.717) is 0 Å². The van der Waals surface area contributed by atoms with E-state index in [9.17, 15) is 0 Å². The molecule has 1 atom stereocenters. The van der Waals surface area contributed by atoms with Crippen molar-refractivity contribution in [3.8, 4) is 0 Å². The summed E-state index contributed by atoms with van der Waals surface area (Å²) in [5.74, 6) is 0. The summed E-state index contributed by atoms with van der Waals surface area (Å²) < 4.78 is 0. The first-order valence-electron chi connectivity index (χ1n) is 8.43. The zero-order chi connectivity index (χ0) is 13.5. The molecule has 3 heteroatoms. The van der Waals surface area contributed by atoms with E-state index in [1.807, 2.05) is 0 Å². The number of hydrogen-bond acceptors (Lipinski definition) is 2. The van der Waals surface area contributed by atoms with Crippen molar-refractivity contribution in [1.82, 2.24) is 9.80 Å². The molecule has 2 fully saturated rings. The smallest absolute Gasteiger partial charge is 0.0315 e. The maximum absolute atomic E-state index is 4.39. The first-order chi connectivity index (χ1) is 9.27. The summed E-state index contributed by atoms with van der Waals surface area (Å²) in [6.07, 6.45) is 8.48. The van der Waals surface area contributed by atoms with Crippen LogP contribution in [-0.4, -0.2) is 52.0 Å². The van der Waals surface area contributed by atoms with Crippen molar-refractivity contribution in [2.24, 2.45) is 0 Å². The van der Waals surface area contributed by atoms with Crippen LogP contribution in [0.2, 0.25) is 11.6 Å². The van der Waals surface area contributed by atoms with E-state index >= 15 is 0 Å². The molecule has 0 spiro atoms. The van der Waals surface area contributed by atoms with Gasteiger partial charge in [0.15, 0.2) is 0 Å². The summed E-state index contributed by atoms with van der Waals surface area (Å²) in [4.78, 5) is 5.26. The lowest BCUT2D eigenvalue weighted by atomic mass is 10.1. The van der Waals surface area contributed by atoms with Crippen LogP contribution in [0, 0.1) is 0 Å². The van der Waals surface area contributed by atoms with E-state index in [-0.39, 0.29) is 9.52 Å². The molecule has 2 aliphatic heterocycles. The second-order valence-corrected chi connectivity index (χ2v) is 8.99. The van der Waals surface area contributed by atoms with Gasteiger partial charge in [0.2, 0.25) is 0 Å². The second-order valence-electron chi connectivity index (χ2n) is 6.48. The number of allylic oxidation sites excluding steroid dienone is 1. The second kappa shape index (κ2) is 8.10. The molecule has 110 valence electrons. The molecule has 0 saturated carbocycles. The summed E-state index contributed by atoms with van der Waals surface area (Å²) in [7, 11) is 0.0154. The molecular weight excluding hydrogens is 248 g/mol. The van der Waals surface area contributed by atoms with Gasteiger partial charge in [0.05, 0.1) is 0 Å². The van der Waals surface area contributed by atoms with E-state index in [2.05, 4.69) is 23.3 Å². The summed E-state index contributed by atoms with van der Waals surface area (Å²) in [6.45, 7) is 13.4. The van der Waals surface area contributed by atoms with Crippen LogP contribution >= 0.6 is 0 Å². The SMILES string of the molecule is C=C(C(C)[SiH2]CCN1CCCCC1)N1CCCCC1. The molecule has 0 aromatic rings. The van der Waals surface area contributed by atoms with Crippen LogP contribution in [0.4, 0.5) is 0 Å². The molecule has 2 aliphatic rings. The van der Waals surface area contributed by atoms with E-state index in [1.165, 1.54) is 83.0 Å². The van der Waals surface area contributed by atoms with Gasteiger partial charge in [-0.1, -0.05) is 19.9 Å². The zero-order valence-corrected chi connectivity index (χ0v) is 14.3. The van der Waals surface area contributed by atoms with Crippen LogP contribution in [0.1, 0.15) is 45.4 Å². The lowest BCUT2D eigenvalue weighted by molar-refractivity contribution is 0.239. The van der Waals surface area contributed by atoms with Crippen LogP contribution in [0.25, 0.3) is 0 Å². The highest BCUT2D eigenvalue weighted by molar-refractivity contribution is 6.38. The monoisotopic (exact) mass is 280 g/mol. The third-order valence-corrected chi connectivity index (χ3v) is 6.95. The van der Waals surface area contributed by atoms with Gasteiger partial charge in [0.1, 0.15) is 0 Å². The topological polar surface area (TPSA) is 6.48 Å². The van der Waals surface area contributed by atoms with E-state index < -0.39 is 0 Å². The Hall–Kier alpha value is -0.283. The van der Waals surface area contributed by atoms with Gasteiger partial charge in [-0.25, -0.2) is 0 Å². The van der Waals surface area contributed by atoms with Crippen molar-refractivity contribution < 1.29 is 0 Å². The Labute approximate surface area is 122 Å². The molecule has 19 heavy (non-hydrogen) atoms. The highest BCUT2D eigenvalue weighted by Gasteiger charge is 2.17. The molecule has 2 nitrogen and oxygen atoms in total. The van der Waals surface area contributed by atoms with Crippen molar-refractivity contribution in [3.05, 3.63) is 12.3 Å². The van der Waals surface area contributed by atoms with Crippen LogP contribution in [0.3, 0.4) is 0 Å². The number of hydrogen-bond donors (Lipinski definition) is 0. The van der Waals surface area contributed by atoms with Crippen molar-refractivity contribution in [2.45, 2.75) is 57.0 Å². The van der Waals surface area contributed by atoms with Crippen molar-refractivity contribution >= 4 is 9.52 Å². The maximum Gasteiger partial charge on any atom is 0.0315 e. The fourth-order valence-corrected chi connectivity index (χ4v) is 5.30. The first kappa shape index (κ1) is 15.1. The van der Waals surface area contributed by atoms with Crippen LogP contribution in [0.5, 0.6) is 0 Å². The highest BCUT2D eigenvalue weighted by atomic mass is 28.2. The molecule has 0 aromatic carbocycles. The van der Waals surface area contributed by atoms with Crippen LogP contribution in [-0.2, 0) is 0 Å². The fraction of sp³-hybridized carbons (Fsp3) is 0.875. The molecule has 0 bridgehead atoms. The van der Waals surface area contributed by atoms with Gasteiger partial charge < -0.3 is 9.80 Å². The van der Waals surface area contributed by atoms with E-state index in [4.69, 9.17) is 0 Å². The number of rotatable bonds is 6. The number of piperidine rings is 2. The lowest BCUT2D eigenvalue weighted by Gasteiger charge is -2.33. The Balaban J connectivity index is 1.62. The van der Waals surface area contributed by atoms with Gasteiger partial charge in [0, 0.05) is 28.3 Å². The summed E-state index contributed by atoms with van der Waals surface area (Å²) in [6, 6.07) is 1.48. The average Bonchev–Trinajstić information content (AvgIpc) is 2.48. The molecule has 0 N–H and O–H groups in total. The van der Waals surface area contributed by atoms with Crippen LogP contribution in [0.15, 0.2) is 12.3 Å². The van der Waals surface area contributed by atoms with E-state index in [0.717, 1.165) is 5.54 Å². The summed E-state index contributed by atoms with van der Waals surface area (Å²) in [5, 5.41) is 0. The summed E-state index contributed by atoms with van der Waals surface area (Å²) in [5.41, 5.74) is 2.27. The molecule has 2 rings (SSSR count). The van der Waals surface area contributed by atoms with Crippen molar-refractivity contribution in [3.63, 3.8) is 0 Å². The minimum absolute atomic E-state index is 0.0154. The Kier molecular flexibility index (Phi) is 6.45. The molecule has 0 amide bonds. The third-order valence-electron chi connectivity index (χ3n) is 4.89. The van der Waals surface area contributed by atoms with Crippen LogP contribution < -0.4 is 0 Å². The van der Waals surface area contributed by atoms with Crippen molar-refractivity contribution in [2.75, 3.05) is 32.7 Å². The molecule has 1 unspecified atom stereocenters. The van der Waals surface area contributed by atoms with Gasteiger partial charge in [-0.2, -0.15) is 0 Å².